The summed E-state index contributed by atoms with van der Waals surface area (Å²) in [5.74, 6) is 0. The van der Waals surface area contributed by atoms with Gasteiger partial charge in [-0.05, 0) is 0 Å². The first-order chi connectivity index (χ1) is 3.80. The molecule has 0 saturated heterocycles. The topological polar surface area (TPSA) is 0 Å². The molecule has 1 rings (SSSR count). The summed E-state index contributed by atoms with van der Waals surface area (Å²) in [6, 6.07) is 8.08. The van der Waals surface area contributed by atoms with Gasteiger partial charge in [0.2, 0.25) is 0 Å². The summed E-state index contributed by atoms with van der Waals surface area (Å²) in [6.07, 6.45) is 0. The maximum Gasteiger partial charge on any atom is 0 e. The van der Waals surface area contributed by atoms with Gasteiger partial charge in [0, 0.05) is 19.5 Å². The Morgan fingerprint density at radius 3 is 2.11 bits per heavy atom. The standard InChI is InChI=1S/C8H9.Zn/c1-7-5-3-4-6-8(7)2;/h3-6H,1H2,2H3;/q-1;. The van der Waals surface area contributed by atoms with Crippen LogP contribution in [0.25, 0.3) is 0 Å². The molecular weight excluding hydrogens is 161 g/mol. The molecule has 0 saturated carbocycles. The molecule has 0 aliphatic heterocycles. The summed E-state index contributed by atoms with van der Waals surface area (Å²) in [5.41, 5.74) is 2.38. The Labute approximate surface area is 69.0 Å². The largest absolute Gasteiger partial charge is 0.198 e. The quantitative estimate of drug-likeness (QED) is 0.414. The van der Waals surface area contributed by atoms with Crippen LogP contribution in [0.5, 0.6) is 0 Å². The van der Waals surface area contributed by atoms with Gasteiger partial charge in [-0.1, -0.05) is 13.0 Å². The minimum absolute atomic E-state index is 0. The third kappa shape index (κ3) is 2.19. The second-order valence-corrected chi connectivity index (χ2v) is 1.93. The van der Waals surface area contributed by atoms with E-state index in [1.165, 1.54) is 5.56 Å². The number of hydrogen-bond acceptors (Lipinski definition) is 0. The van der Waals surface area contributed by atoms with E-state index >= 15 is 0 Å². The van der Waals surface area contributed by atoms with Crippen LogP contribution < -0.4 is 0 Å². The maximum absolute atomic E-state index is 3.82. The van der Waals surface area contributed by atoms with Gasteiger partial charge in [-0.3, -0.25) is 0 Å². The average molecular weight is 171 g/mol. The zero-order valence-corrected chi connectivity index (χ0v) is 8.69. The van der Waals surface area contributed by atoms with Crippen LogP contribution in [0.15, 0.2) is 24.3 Å². The third-order valence-electron chi connectivity index (χ3n) is 1.26. The molecule has 1 aromatic rings. The first-order valence-electron chi connectivity index (χ1n) is 2.68. The van der Waals surface area contributed by atoms with Crippen molar-refractivity contribution in [1.29, 1.82) is 0 Å². The van der Waals surface area contributed by atoms with Crippen molar-refractivity contribution in [3.8, 4) is 0 Å². The first kappa shape index (κ1) is 8.71. The number of hydrogen-bond donors (Lipinski definition) is 0. The second-order valence-electron chi connectivity index (χ2n) is 1.93. The smallest absolute Gasteiger partial charge is 0 e. The van der Waals surface area contributed by atoms with Crippen molar-refractivity contribution in [1.82, 2.24) is 0 Å². The molecule has 0 atom stereocenters. The minimum Gasteiger partial charge on any atom is -0.198 e. The second kappa shape index (κ2) is 3.68. The molecule has 0 nitrogen and oxygen atoms in total. The molecule has 0 radical (unpaired) electrons. The van der Waals surface area contributed by atoms with E-state index in [0.717, 1.165) is 5.56 Å². The molecule has 44 valence electrons. The fourth-order valence-corrected chi connectivity index (χ4v) is 0.610. The number of rotatable bonds is 0. The molecule has 0 aliphatic carbocycles. The van der Waals surface area contributed by atoms with Gasteiger partial charge in [0.05, 0.1) is 0 Å². The van der Waals surface area contributed by atoms with Gasteiger partial charge < -0.3 is 0 Å². The van der Waals surface area contributed by atoms with Crippen LogP contribution in [-0.4, -0.2) is 0 Å². The van der Waals surface area contributed by atoms with E-state index in [9.17, 15) is 0 Å². The summed E-state index contributed by atoms with van der Waals surface area (Å²) in [4.78, 5) is 0. The Balaban J connectivity index is 0.000000640. The number of aryl methyl sites for hydroxylation is 1. The molecule has 0 bridgehead atoms. The first-order valence-corrected chi connectivity index (χ1v) is 2.68. The van der Waals surface area contributed by atoms with Crippen molar-refractivity contribution in [3.05, 3.63) is 42.3 Å². The van der Waals surface area contributed by atoms with Gasteiger partial charge in [0.25, 0.3) is 0 Å². The van der Waals surface area contributed by atoms with E-state index in [0.29, 0.717) is 0 Å². The molecule has 9 heavy (non-hydrogen) atoms. The average Bonchev–Trinajstić information content (AvgIpc) is 1.77. The Morgan fingerprint density at radius 2 is 1.78 bits per heavy atom. The van der Waals surface area contributed by atoms with Crippen LogP contribution in [0, 0.1) is 13.8 Å². The molecular formula is C8H9Zn-. The van der Waals surface area contributed by atoms with E-state index < -0.39 is 0 Å². The fraction of sp³-hybridized carbons (Fsp3) is 0.125. The maximum atomic E-state index is 3.82. The van der Waals surface area contributed by atoms with Crippen LogP contribution in [0.3, 0.4) is 0 Å². The van der Waals surface area contributed by atoms with Crippen LogP contribution >= 0.6 is 0 Å². The predicted octanol–water partition coefficient (Wildman–Crippen LogP) is 2.17. The van der Waals surface area contributed by atoms with Gasteiger partial charge in [-0.15, -0.1) is 12.1 Å². The molecule has 0 aliphatic rings. The molecule has 1 heteroatoms. The van der Waals surface area contributed by atoms with Gasteiger partial charge in [0.15, 0.2) is 0 Å². The van der Waals surface area contributed by atoms with Gasteiger partial charge in [-0.2, -0.15) is 24.1 Å². The van der Waals surface area contributed by atoms with Crippen LogP contribution in [0.4, 0.5) is 0 Å². The summed E-state index contributed by atoms with van der Waals surface area (Å²) < 4.78 is 0. The fourth-order valence-electron chi connectivity index (χ4n) is 0.610. The normalized spacial score (nSPS) is 8.11. The molecule has 0 spiro atoms. The van der Waals surface area contributed by atoms with Crippen molar-refractivity contribution in [2.75, 3.05) is 0 Å². The molecule has 0 heterocycles. The Kier molecular flexibility index (Phi) is 3.57. The molecule has 0 fully saturated rings. The molecule has 0 aromatic heterocycles. The number of benzene rings is 1. The summed E-state index contributed by atoms with van der Waals surface area (Å²) >= 11 is 0. The molecule has 0 amide bonds. The van der Waals surface area contributed by atoms with E-state index in [1.54, 1.807) is 0 Å². The monoisotopic (exact) mass is 169 g/mol. The third-order valence-corrected chi connectivity index (χ3v) is 1.26. The van der Waals surface area contributed by atoms with Crippen LogP contribution in [-0.2, 0) is 19.5 Å². The SMILES string of the molecule is [CH2-]c1ccccc1C.[Zn]. The van der Waals surface area contributed by atoms with Gasteiger partial charge in [0.1, 0.15) is 0 Å². The van der Waals surface area contributed by atoms with Crippen molar-refractivity contribution in [2.45, 2.75) is 6.92 Å². The Bertz CT molecular complexity index is 161. The summed E-state index contributed by atoms with van der Waals surface area (Å²) in [6.45, 7) is 5.88. The molecule has 1 aromatic carbocycles. The predicted molar refractivity (Wildman–Crippen MR) is 35.6 cm³/mol. The van der Waals surface area contributed by atoms with E-state index in [2.05, 4.69) is 19.9 Å². The van der Waals surface area contributed by atoms with Crippen molar-refractivity contribution in [2.24, 2.45) is 0 Å². The van der Waals surface area contributed by atoms with Gasteiger partial charge in [-0.25, -0.2) is 0 Å². The van der Waals surface area contributed by atoms with E-state index in [1.807, 2.05) is 18.2 Å². The van der Waals surface area contributed by atoms with Gasteiger partial charge >= 0.3 is 0 Å². The Hall–Kier alpha value is -0.287. The van der Waals surface area contributed by atoms with Crippen molar-refractivity contribution >= 4 is 0 Å². The summed E-state index contributed by atoms with van der Waals surface area (Å²) in [5, 5.41) is 0. The van der Waals surface area contributed by atoms with Crippen molar-refractivity contribution < 1.29 is 19.5 Å². The minimum atomic E-state index is 0. The van der Waals surface area contributed by atoms with E-state index in [4.69, 9.17) is 0 Å². The zero-order chi connectivity index (χ0) is 5.98. The summed E-state index contributed by atoms with van der Waals surface area (Å²) in [7, 11) is 0. The molecule has 0 unspecified atom stereocenters. The van der Waals surface area contributed by atoms with Crippen LogP contribution in [0.1, 0.15) is 11.1 Å². The Morgan fingerprint density at radius 1 is 1.22 bits per heavy atom. The van der Waals surface area contributed by atoms with Crippen LogP contribution in [0.2, 0.25) is 0 Å². The van der Waals surface area contributed by atoms with E-state index in [-0.39, 0.29) is 19.5 Å². The zero-order valence-electron chi connectivity index (χ0n) is 5.72. The van der Waals surface area contributed by atoms with Crippen molar-refractivity contribution in [3.63, 3.8) is 0 Å². The molecule has 0 N–H and O–H groups in total.